The number of hydrogen-bond donors (Lipinski definition) is 0. The van der Waals surface area contributed by atoms with E-state index in [4.69, 9.17) is 48.9 Å². The number of aromatic nitrogens is 12. The Bertz CT molecular complexity index is 6860. The first-order chi connectivity index (χ1) is 59.0. The van der Waals surface area contributed by atoms with E-state index < -0.39 is 0 Å². The van der Waals surface area contributed by atoms with Crippen molar-refractivity contribution in [1.82, 2.24) is 58.1 Å². The van der Waals surface area contributed by atoms with Gasteiger partial charge in [-0.3, -0.25) is 19.1 Å². The van der Waals surface area contributed by atoms with Crippen LogP contribution in [-0.2, 0) is 42.1 Å². The molecule has 0 N–H and O–H groups in total. The molecule has 10 heterocycles. The van der Waals surface area contributed by atoms with Crippen LogP contribution in [0.2, 0.25) is 0 Å². The molecule has 0 atom stereocenters. The van der Waals surface area contributed by atoms with Crippen LogP contribution < -0.4 is 18.9 Å². The SMILES string of the molecule is Cc1ccnc(-n2c3[c-]c(Oc4[c-]c(-c5cnc(-c6[c-]c(Oc7[c-]c8c(cc7)c7ccccc7n8-c7cc(C)ccn7)ccc6)cn5)ccc4)ccc3c3ccccc32)c1.Cc1ccnc(-n2c3ccccc3c3ccc(Oc4cccc(-c5cnc(-c6cccc(Oc7ccc8c9ccccc9n(-c9cc(C)ccn9)c8c7)c6)cn5)c4)cc32)c1.[Pt+2].[Pt+2]. The molecule has 0 bridgehead atoms. The van der Waals surface area contributed by atoms with E-state index in [1.165, 1.54) is 10.8 Å². The zero-order valence-corrected chi connectivity index (χ0v) is 70.5. The molecule has 0 spiro atoms. The van der Waals surface area contributed by atoms with Gasteiger partial charge in [-0.15, -0.1) is 82.6 Å². The average Bonchev–Trinajstić information content (AvgIpc) is 1.61. The summed E-state index contributed by atoms with van der Waals surface area (Å²) in [6.45, 7) is 8.30. The van der Waals surface area contributed by atoms with Gasteiger partial charge >= 0.3 is 42.1 Å². The van der Waals surface area contributed by atoms with Crippen molar-refractivity contribution in [2.45, 2.75) is 27.7 Å². The second-order valence-corrected chi connectivity index (χ2v) is 29.6. The summed E-state index contributed by atoms with van der Waals surface area (Å²) in [5.74, 6) is 8.46. The Labute approximate surface area is 730 Å². The van der Waals surface area contributed by atoms with Crippen molar-refractivity contribution in [2.75, 3.05) is 0 Å². The predicted molar refractivity (Wildman–Crippen MR) is 475 cm³/mol. The molecular weight excluding hydrogens is 1870 g/mol. The Hall–Kier alpha value is -14.8. The summed E-state index contributed by atoms with van der Waals surface area (Å²) >= 11 is 0. The number of nitrogens with zero attached hydrogens (tertiary/aromatic N) is 12. The van der Waals surface area contributed by atoms with Gasteiger partial charge < -0.3 is 38.0 Å². The predicted octanol–water partition coefficient (Wildman–Crippen LogP) is 25.2. The number of hydrogen-bond acceptors (Lipinski definition) is 12. The van der Waals surface area contributed by atoms with E-state index >= 15 is 0 Å². The van der Waals surface area contributed by atoms with Crippen molar-refractivity contribution >= 4 is 87.2 Å². The van der Waals surface area contributed by atoms with Crippen molar-refractivity contribution in [1.29, 1.82) is 0 Å². The number of para-hydroxylation sites is 4. The van der Waals surface area contributed by atoms with Gasteiger partial charge in [-0.2, -0.15) is 12.1 Å². The van der Waals surface area contributed by atoms with E-state index in [0.717, 1.165) is 167 Å². The molecule has 588 valence electrons. The van der Waals surface area contributed by atoms with Crippen molar-refractivity contribution < 1.29 is 61.1 Å². The second-order valence-electron chi connectivity index (χ2n) is 29.6. The Morgan fingerprint density at radius 2 is 0.541 bits per heavy atom. The third kappa shape index (κ3) is 14.9. The zero-order valence-electron chi connectivity index (χ0n) is 66.0. The Morgan fingerprint density at radius 3 is 0.918 bits per heavy atom. The molecule has 22 aromatic rings. The first kappa shape index (κ1) is 77.1. The fourth-order valence-electron chi connectivity index (χ4n) is 15.9. The fraction of sp³-hybridized carbons (Fsp3) is 0.0385. The number of benzene rings is 12. The van der Waals surface area contributed by atoms with E-state index in [1.807, 2.05) is 183 Å². The second kappa shape index (κ2) is 32.8. The smallest absolute Gasteiger partial charge is 0.503 e. The van der Waals surface area contributed by atoms with Gasteiger partial charge in [0.2, 0.25) is 0 Å². The minimum absolute atomic E-state index is 0. The summed E-state index contributed by atoms with van der Waals surface area (Å²) in [7, 11) is 0. The first-order valence-corrected chi connectivity index (χ1v) is 39.4. The van der Waals surface area contributed by atoms with E-state index in [1.54, 1.807) is 24.8 Å². The minimum atomic E-state index is 0. The van der Waals surface area contributed by atoms with Crippen molar-refractivity contribution in [3.8, 4) is 114 Å². The normalized spacial score (nSPS) is 11.3. The molecule has 0 aliphatic rings. The van der Waals surface area contributed by atoms with Crippen molar-refractivity contribution in [3.63, 3.8) is 0 Å². The van der Waals surface area contributed by atoms with Gasteiger partial charge in [0.05, 0.1) is 45.8 Å². The molecule has 22 rings (SSSR count). The summed E-state index contributed by atoms with van der Waals surface area (Å²) in [5, 5.41) is 9.00. The Balaban J connectivity index is 0.000000158. The van der Waals surface area contributed by atoms with Crippen molar-refractivity contribution in [3.05, 3.63) is 387 Å². The van der Waals surface area contributed by atoms with E-state index in [0.29, 0.717) is 45.9 Å². The molecule has 0 fully saturated rings. The van der Waals surface area contributed by atoms with Crippen LogP contribution in [0.25, 0.3) is 156 Å². The average molecular weight is 1940 g/mol. The molecule has 12 aromatic carbocycles. The maximum Gasteiger partial charge on any atom is 2.00 e. The zero-order chi connectivity index (χ0) is 80.3. The van der Waals surface area contributed by atoms with Crippen LogP contribution in [0, 0.1) is 52.0 Å². The van der Waals surface area contributed by atoms with Crippen LogP contribution in [0.15, 0.2) is 341 Å². The number of pyridine rings is 4. The largest absolute Gasteiger partial charge is 2.00 e. The third-order valence-corrected chi connectivity index (χ3v) is 21.5. The van der Waals surface area contributed by atoms with Crippen molar-refractivity contribution in [2.24, 2.45) is 0 Å². The van der Waals surface area contributed by atoms with Gasteiger partial charge in [-0.05, 0) is 182 Å². The molecule has 16 nitrogen and oxygen atoms in total. The Kier molecular flexibility index (Phi) is 20.7. The molecule has 122 heavy (non-hydrogen) atoms. The summed E-state index contributed by atoms with van der Waals surface area (Å²) in [5.41, 5.74) is 18.8. The van der Waals surface area contributed by atoms with Crippen LogP contribution in [0.3, 0.4) is 0 Å². The van der Waals surface area contributed by atoms with Gasteiger partial charge in [0.1, 0.15) is 46.3 Å². The van der Waals surface area contributed by atoms with Gasteiger partial charge in [0.25, 0.3) is 0 Å². The molecule has 10 aromatic heterocycles. The summed E-state index contributed by atoms with van der Waals surface area (Å²) < 4.78 is 34.4. The van der Waals surface area contributed by atoms with Gasteiger partial charge in [0, 0.05) is 127 Å². The molecule has 0 saturated carbocycles. The molecule has 0 aliphatic carbocycles. The molecule has 18 heteroatoms. The topological polar surface area (TPSA) is 160 Å². The molecule has 0 unspecified atom stereocenters. The molecule has 0 saturated heterocycles. The van der Waals surface area contributed by atoms with E-state index in [-0.39, 0.29) is 42.1 Å². The quantitative estimate of drug-likeness (QED) is 0.0844. The maximum absolute atomic E-state index is 6.49. The molecular formula is C104H68N12O4Pt2. The fourth-order valence-corrected chi connectivity index (χ4v) is 15.9. The monoisotopic (exact) mass is 1940 g/mol. The number of aryl methyl sites for hydroxylation is 4. The number of fused-ring (bicyclic) bond motifs is 12. The third-order valence-electron chi connectivity index (χ3n) is 21.5. The van der Waals surface area contributed by atoms with E-state index in [9.17, 15) is 0 Å². The van der Waals surface area contributed by atoms with Crippen LogP contribution in [0.5, 0.6) is 46.0 Å². The van der Waals surface area contributed by atoms with Gasteiger partial charge in [-0.1, -0.05) is 120 Å². The van der Waals surface area contributed by atoms with E-state index in [2.05, 4.69) is 214 Å². The molecule has 0 amide bonds. The summed E-state index contributed by atoms with van der Waals surface area (Å²) in [6.07, 6.45) is 14.4. The standard InChI is InChI=1S/C52H36N6O2.C52H32N6O2.2Pt/c2*1-33-21-23-53-51(25-33)57-47-15-5-3-13-41(47)43-19-17-39(29-49(43)57)59-37-11-7-9-35(27-37)45-31-56-46(32-55-45)36-10-8-12-38(28-36)60-40-18-20-44-42-14-4-6-16-48(42)58(50(44)30-40)52-26-34(2)22-24-54-52;;/h3-32H,1-2H3;3-26,31-32H,1-2H3;;/q;-4;2*+2. The Morgan fingerprint density at radius 1 is 0.230 bits per heavy atom. The molecule has 0 radical (unpaired) electrons. The van der Waals surface area contributed by atoms with Crippen LogP contribution >= 0.6 is 0 Å². The minimum Gasteiger partial charge on any atom is -0.503 e. The van der Waals surface area contributed by atoms with Gasteiger partial charge in [-0.25, -0.2) is 19.9 Å². The number of ether oxygens (including phenoxy) is 4. The molecule has 0 aliphatic heterocycles. The van der Waals surface area contributed by atoms with Crippen LogP contribution in [-0.4, -0.2) is 58.1 Å². The van der Waals surface area contributed by atoms with Crippen LogP contribution in [0.1, 0.15) is 22.3 Å². The summed E-state index contributed by atoms with van der Waals surface area (Å²) in [6, 6.07) is 111. The van der Waals surface area contributed by atoms with Gasteiger partial charge in [0.15, 0.2) is 0 Å². The number of rotatable bonds is 16. The first-order valence-electron chi connectivity index (χ1n) is 39.4. The van der Waals surface area contributed by atoms with Crippen LogP contribution in [0.4, 0.5) is 0 Å². The summed E-state index contributed by atoms with van der Waals surface area (Å²) in [4.78, 5) is 38.0. The maximum atomic E-state index is 6.49.